The first kappa shape index (κ1) is 26.2. The van der Waals surface area contributed by atoms with Gasteiger partial charge < -0.3 is 19.1 Å². The summed E-state index contributed by atoms with van der Waals surface area (Å²) >= 11 is 0. The molecule has 0 radical (unpaired) electrons. The Labute approximate surface area is 183 Å². The highest BCUT2D eigenvalue weighted by Crippen LogP contribution is 2.27. The van der Waals surface area contributed by atoms with Crippen LogP contribution in [-0.2, 0) is 16.0 Å². The summed E-state index contributed by atoms with van der Waals surface area (Å²) in [7, 11) is 1.62. The molecule has 1 aliphatic rings. The lowest BCUT2D eigenvalue weighted by atomic mass is 10.2. The van der Waals surface area contributed by atoms with Crippen molar-refractivity contribution < 1.29 is 28.7 Å². The molecule has 0 spiro atoms. The number of ether oxygens (including phenoxy) is 2. The number of fused-ring (bicyclic) bond motifs is 1. The van der Waals surface area contributed by atoms with E-state index in [0.29, 0.717) is 24.3 Å². The Morgan fingerprint density at radius 1 is 1.32 bits per heavy atom. The largest absolute Gasteiger partial charge is 0.493 e. The minimum absolute atomic E-state index is 0.464. The highest BCUT2D eigenvalue weighted by Gasteiger charge is 2.36. The van der Waals surface area contributed by atoms with Crippen molar-refractivity contribution in [3.63, 3.8) is 0 Å². The average Bonchev–Trinajstić information content (AvgIpc) is 3.35. The van der Waals surface area contributed by atoms with Crippen molar-refractivity contribution in [2.75, 3.05) is 13.7 Å². The number of carboxylic acid groups (broad SMARTS) is 1. The number of aliphatic carboxylic acids is 1. The van der Waals surface area contributed by atoms with Crippen molar-refractivity contribution in [2.45, 2.75) is 79.4 Å². The molecule has 1 amide bonds. The fraction of sp³-hybridized carbons (Fsp3) is 0.636. The Bertz CT molecular complexity index is 872. The molecule has 1 N–H and O–H groups in total. The molecule has 31 heavy (non-hydrogen) atoms. The molecule has 0 aromatic carbocycles. The molecule has 3 rings (SSSR count). The lowest BCUT2D eigenvalue weighted by molar-refractivity contribution is -0.142. The zero-order valence-corrected chi connectivity index (χ0v) is 19.8. The first-order valence-corrected chi connectivity index (χ1v) is 10.6. The third kappa shape index (κ3) is 7.11. The summed E-state index contributed by atoms with van der Waals surface area (Å²) < 4.78 is 15.5. The second kappa shape index (κ2) is 11.5. The summed E-state index contributed by atoms with van der Waals surface area (Å²) in [6.45, 7) is 13.7. The molecular formula is C22H35N3O6. The summed E-state index contributed by atoms with van der Waals surface area (Å²) in [6, 6.07) is 1.16. The molecule has 2 aromatic rings. The van der Waals surface area contributed by atoms with Crippen molar-refractivity contribution in [1.82, 2.24) is 15.0 Å². The van der Waals surface area contributed by atoms with E-state index in [1.165, 1.54) is 4.90 Å². The van der Waals surface area contributed by atoms with E-state index in [1.807, 2.05) is 26.8 Å². The molecule has 3 heterocycles. The number of methoxy groups -OCH3 is 1. The lowest BCUT2D eigenvalue weighted by Crippen LogP contribution is -2.43. The summed E-state index contributed by atoms with van der Waals surface area (Å²) in [6.07, 6.45) is 1.56. The number of hydrogen-bond donors (Lipinski definition) is 1. The first-order chi connectivity index (χ1) is 14.6. The van der Waals surface area contributed by atoms with E-state index in [-0.39, 0.29) is 0 Å². The number of aromatic nitrogens is 2. The molecule has 1 saturated heterocycles. The van der Waals surface area contributed by atoms with Gasteiger partial charge in [-0.05, 0) is 47.0 Å². The summed E-state index contributed by atoms with van der Waals surface area (Å²) in [5.41, 5.74) is 2.63. The standard InChI is InChI=1S/C10H12N2O2.C10H17NO4.C2H6/c1-4-7-5-8(13-3)10-9(11-7)6(2)12-14-10;1-10(2,3)15-9(14)11-6-4-5-7(11)8(12)13;1-2/h5H,4H2,1-3H3;7H,4-6H2,1-3H3,(H,12,13);1-2H3. The van der Waals surface area contributed by atoms with E-state index in [9.17, 15) is 9.59 Å². The highest BCUT2D eigenvalue weighted by atomic mass is 16.6. The van der Waals surface area contributed by atoms with Crippen LogP contribution in [0.3, 0.4) is 0 Å². The van der Waals surface area contributed by atoms with Gasteiger partial charge in [0, 0.05) is 18.3 Å². The van der Waals surface area contributed by atoms with E-state index in [2.05, 4.69) is 17.1 Å². The SMILES string of the molecule is CC.CC(C)(C)OC(=O)N1CCCC1C(=O)O.CCc1cc(OC)c2onc(C)c2n1. The van der Waals surface area contributed by atoms with E-state index in [4.69, 9.17) is 19.1 Å². The van der Waals surface area contributed by atoms with Crippen LogP contribution in [0.4, 0.5) is 4.79 Å². The fourth-order valence-corrected chi connectivity index (χ4v) is 2.95. The smallest absolute Gasteiger partial charge is 0.411 e. The molecule has 0 saturated carbocycles. The Balaban J connectivity index is 0.000000287. The third-order valence-corrected chi connectivity index (χ3v) is 4.36. The van der Waals surface area contributed by atoms with Crippen molar-refractivity contribution >= 4 is 23.2 Å². The number of aryl methyl sites for hydroxylation is 2. The van der Waals surface area contributed by atoms with Gasteiger partial charge in [0.05, 0.1) is 7.11 Å². The molecule has 9 nitrogen and oxygen atoms in total. The molecule has 0 aliphatic carbocycles. The number of amides is 1. The molecular weight excluding hydrogens is 402 g/mol. The van der Waals surface area contributed by atoms with Crippen LogP contribution in [0, 0.1) is 6.92 Å². The topological polar surface area (TPSA) is 115 Å². The Hall–Kier alpha value is -2.84. The minimum atomic E-state index is -0.960. The maximum absolute atomic E-state index is 11.6. The van der Waals surface area contributed by atoms with Gasteiger partial charge in [0.1, 0.15) is 22.9 Å². The van der Waals surface area contributed by atoms with Gasteiger partial charge in [0.2, 0.25) is 5.58 Å². The lowest BCUT2D eigenvalue weighted by Gasteiger charge is -2.26. The maximum Gasteiger partial charge on any atom is 0.411 e. The van der Waals surface area contributed by atoms with Gasteiger partial charge in [-0.25, -0.2) is 14.6 Å². The zero-order valence-electron chi connectivity index (χ0n) is 19.8. The van der Waals surface area contributed by atoms with Crippen molar-refractivity contribution in [2.24, 2.45) is 0 Å². The van der Waals surface area contributed by atoms with Crippen molar-refractivity contribution in [3.8, 4) is 5.75 Å². The number of carboxylic acids is 1. The molecule has 0 bridgehead atoms. The number of pyridine rings is 1. The van der Waals surface area contributed by atoms with Gasteiger partial charge in [-0.2, -0.15) is 0 Å². The van der Waals surface area contributed by atoms with E-state index >= 15 is 0 Å². The molecule has 1 fully saturated rings. The van der Waals surface area contributed by atoms with Crippen LogP contribution in [0.15, 0.2) is 10.6 Å². The monoisotopic (exact) mass is 437 g/mol. The predicted molar refractivity (Wildman–Crippen MR) is 117 cm³/mol. The number of carbonyl (C=O) groups excluding carboxylic acids is 1. The van der Waals surface area contributed by atoms with Crippen LogP contribution >= 0.6 is 0 Å². The average molecular weight is 438 g/mol. The van der Waals surface area contributed by atoms with Crippen LogP contribution in [0.25, 0.3) is 11.1 Å². The van der Waals surface area contributed by atoms with Gasteiger partial charge in [-0.15, -0.1) is 0 Å². The number of carbonyl (C=O) groups is 2. The normalized spacial score (nSPS) is 15.5. The summed E-state index contributed by atoms with van der Waals surface area (Å²) in [4.78, 5) is 28.2. The second-order valence-electron chi connectivity index (χ2n) is 7.79. The summed E-state index contributed by atoms with van der Waals surface area (Å²) in [5, 5.41) is 12.7. The molecule has 2 aromatic heterocycles. The van der Waals surface area contributed by atoms with Crippen LogP contribution < -0.4 is 4.74 Å². The molecule has 1 atom stereocenters. The Kier molecular flexibility index (Phi) is 9.74. The van der Waals surface area contributed by atoms with E-state index in [0.717, 1.165) is 29.7 Å². The second-order valence-corrected chi connectivity index (χ2v) is 7.79. The number of rotatable bonds is 3. The van der Waals surface area contributed by atoms with Gasteiger partial charge >= 0.3 is 12.1 Å². The number of likely N-dealkylation sites (tertiary alicyclic amines) is 1. The Morgan fingerprint density at radius 3 is 2.48 bits per heavy atom. The van der Waals surface area contributed by atoms with Crippen LogP contribution in [0.5, 0.6) is 5.75 Å². The summed E-state index contributed by atoms with van der Waals surface area (Å²) in [5.74, 6) is -0.259. The van der Waals surface area contributed by atoms with Crippen LogP contribution in [0.2, 0.25) is 0 Å². The van der Waals surface area contributed by atoms with Gasteiger partial charge in [-0.1, -0.05) is 25.9 Å². The third-order valence-electron chi connectivity index (χ3n) is 4.36. The van der Waals surface area contributed by atoms with Crippen molar-refractivity contribution in [3.05, 3.63) is 17.5 Å². The van der Waals surface area contributed by atoms with Gasteiger partial charge in [0.15, 0.2) is 5.75 Å². The molecule has 1 aliphatic heterocycles. The Morgan fingerprint density at radius 2 is 1.97 bits per heavy atom. The van der Waals surface area contributed by atoms with Crippen LogP contribution in [-0.4, -0.2) is 57.5 Å². The first-order valence-electron chi connectivity index (χ1n) is 10.6. The fourth-order valence-electron chi connectivity index (χ4n) is 2.95. The quantitative estimate of drug-likeness (QED) is 0.741. The molecule has 9 heteroatoms. The molecule has 174 valence electrons. The van der Waals surface area contributed by atoms with E-state index in [1.54, 1.807) is 27.9 Å². The van der Waals surface area contributed by atoms with Gasteiger partial charge in [0.25, 0.3) is 0 Å². The maximum atomic E-state index is 11.6. The zero-order chi connectivity index (χ0) is 23.8. The molecule has 1 unspecified atom stereocenters. The number of nitrogens with zero attached hydrogens (tertiary/aromatic N) is 3. The van der Waals surface area contributed by atoms with Crippen LogP contribution in [0.1, 0.15) is 65.8 Å². The number of hydrogen-bond acceptors (Lipinski definition) is 7. The minimum Gasteiger partial charge on any atom is -0.493 e. The highest BCUT2D eigenvalue weighted by molar-refractivity contribution is 5.81. The predicted octanol–water partition coefficient (Wildman–Crippen LogP) is 4.60. The van der Waals surface area contributed by atoms with E-state index < -0.39 is 23.7 Å². The van der Waals surface area contributed by atoms with Crippen molar-refractivity contribution in [1.29, 1.82) is 0 Å². The van der Waals surface area contributed by atoms with Gasteiger partial charge in [-0.3, -0.25) is 4.90 Å².